The smallest absolute Gasteiger partial charge is 0.216 e. The minimum Gasteiger partial charge on any atom is -0.357 e. The van der Waals surface area contributed by atoms with Crippen molar-refractivity contribution in [3.8, 4) is 0 Å². The molecule has 0 aliphatic rings. The second-order valence-electron chi connectivity index (χ2n) is 4.00. The van der Waals surface area contributed by atoms with Crippen LogP contribution in [0.5, 0.6) is 0 Å². The lowest BCUT2D eigenvalue weighted by Gasteiger charge is -2.11. The zero-order valence-electron chi connectivity index (χ0n) is 11.5. The van der Waals surface area contributed by atoms with Gasteiger partial charge < -0.3 is 16.0 Å². The molecule has 1 aromatic heterocycles. The molecule has 0 aromatic carbocycles. The van der Waals surface area contributed by atoms with Crippen molar-refractivity contribution >= 4 is 23.2 Å². The van der Waals surface area contributed by atoms with Crippen molar-refractivity contribution in [2.24, 2.45) is 4.99 Å². The highest BCUT2D eigenvalue weighted by molar-refractivity contribution is 7.09. The summed E-state index contributed by atoms with van der Waals surface area (Å²) in [6, 6.07) is 4.18. The van der Waals surface area contributed by atoms with Crippen molar-refractivity contribution in [3.05, 3.63) is 22.4 Å². The molecule has 0 aliphatic heterocycles. The van der Waals surface area contributed by atoms with Gasteiger partial charge in [0.1, 0.15) is 0 Å². The maximum atomic E-state index is 10.7. The van der Waals surface area contributed by atoms with E-state index in [1.807, 2.05) is 6.92 Å². The number of carbonyl (C=O) groups is 1. The van der Waals surface area contributed by atoms with Crippen molar-refractivity contribution in [1.82, 2.24) is 16.0 Å². The highest BCUT2D eigenvalue weighted by atomic mass is 32.1. The first-order valence-corrected chi connectivity index (χ1v) is 7.39. The van der Waals surface area contributed by atoms with Gasteiger partial charge in [0.05, 0.1) is 0 Å². The molecule has 0 fully saturated rings. The molecule has 0 bridgehead atoms. The van der Waals surface area contributed by atoms with Crippen LogP contribution in [-0.4, -0.2) is 38.0 Å². The maximum Gasteiger partial charge on any atom is 0.216 e. The summed E-state index contributed by atoms with van der Waals surface area (Å²) >= 11 is 1.76. The summed E-state index contributed by atoms with van der Waals surface area (Å²) in [5, 5.41) is 11.2. The predicted molar refractivity (Wildman–Crippen MR) is 80.7 cm³/mol. The second kappa shape index (κ2) is 9.38. The molecule has 0 atom stereocenters. The summed E-state index contributed by atoms with van der Waals surface area (Å²) in [6.45, 7) is 6.40. The Morgan fingerprint density at radius 2 is 2.11 bits per heavy atom. The summed E-state index contributed by atoms with van der Waals surface area (Å²) in [5.74, 6) is 0.783. The summed E-state index contributed by atoms with van der Waals surface area (Å²) in [4.78, 5) is 16.6. The summed E-state index contributed by atoms with van der Waals surface area (Å²) in [7, 11) is 0. The molecule has 0 saturated heterocycles. The van der Waals surface area contributed by atoms with Crippen LogP contribution in [0.1, 0.15) is 18.7 Å². The largest absolute Gasteiger partial charge is 0.357 e. The van der Waals surface area contributed by atoms with Crippen LogP contribution in [0.25, 0.3) is 0 Å². The van der Waals surface area contributed by atoms with Crippen molar-refractivity contribution in [1.29, 1.82) is 0 Å². The van der Waals surface area contributed by atoms with Gasteiger partial charge in [-0.2, -0.15) is 0 Å². The molecule has 0 unspecified atom stereocenters. The highest BCUT2D eigenvalue weighted by Gasteiger charge is 1.97. The van der Waals surface area contributed by atoms with Gasteiger partial charge in [0.2, 0.25) is 5.91 Å². The standard InChI is InChI=1S/C13H22N4OS/c1-3-14-13(17-9-8-15-11(2)18)16-7-6-12-5-4-10-19-12/h4-5,10H,3,6-9H2,1-2H3,(H,15,18)(H2,14,16,17). The van der Waals surface area contributed by atoms with E-state index in [9.17, 15) is 4.79 Å². The van der Waals surface area contributed by atoms with E-state index in [2.05, 4.69) is 38.5 Å². The fraction of sp³-hybridized carbons (Fsp3) is 0.538. The number of rotatable bonds is 7. The molecule has 3 N–H and O–H groups in total. The minimum atomic E-state index is -0.0126. The molecule has 0 saturated carbocycles. The molecule has 1 rings (SSSR count). The van der Waals surface area contributed by atoms with Crippen LogP contribution < -0.4 is 16.0 Å². The van der Waals surface area contributed by atoms with Crippen LogP contribution >= 0.6 is 11.3 Å². The molecule has 19 heavy (non-hydrogen) atoms. The Balaban J connectivity index is 2.27. The van der Waals surface area contributed by atoms with E-state index in [4.69, 9.17) is 0 Å². The molecule has 1 aromatic rings. The third-order valence-electron chi connectivity index (χ3n) is 2.34. The van der Waals surface area contributed by atoms with Gasteiger partial charge in [0, 0.05) is 44.4 Å². The topological polar surface area (TPSA) is 65.5 Å². The fourth-order valence-corrected chi connectivity index (χ4v) is 2.19. The first-order chi connectivity index (χ1) is 9.22. The van der Waals surface area contributed by atoms with Crippen LogP contribution in [0, 0.1) is 0 Å². The molecule has 0 spiro atoms. The zero-order valence-corrected chi connectivity index (χ0v) is 12.3. The number of thiophene rings is 1. The quantitative estimate of drug-likeness (QED) is 0.397. The fourth-order valence-electron chi connectivity index (χ4n) is 1.49. The van der Waals surface area contributed by atoms with Gasteiger partial charge in [-0.05, 0) is 18.4 Å². The SMILES string of the molecule is CCNC(=NCCc1cccs1)NCCNC(C)=O. The van der Waals surface area contributed by atoms with Crippen molar-refractivity contribution < 1.29 is 4.79 Å². The normalized spacial score (nSPS) is 11.2. The summed E-state index contributed by atoms with van der Waals surface area (Å²) in [5.41, 5.74) is 0. The van der Waals surface area contributed by atoms with E-state index in [0.717, 1.165) is 25.5 Å². The highest BCUT2D eigenvalue weighted by Crippen LogP contribution is 2.08. The van der Waals surface area contributed by atoms with E-state index in [-0.39, 0.29) is 5.91 Å². The van der Waals surface area contributed by atoms with Crippen molar-refractivity contribution in [3.63, 3.8) is 0 Å². The lowest BCUT2D eigenvalue weighted by atomic mass is 10.3. The Kier molecular flexibility index (Phi) is 7.65. The average molecular weight is 282 g/mol. The molecular weight excluding hydrogens is 260 g/mol. The van der Waals surface area contributed by atoms with Gasteiger partial charge in [-0.3, -0.25) is 9.79 Å². The monoisotopic (exact) mass is 282 g/mol. The third kappa shape index (κ3) is 7.46. The van der Waals surface area contributed by atoms with Gasteiger partial charge in [-0.1, -0.05) is 6.07 Å². The molecule has 5 nitrogen and oxygen atoms in total. The van der Waals surface area contributed by atoms with Crippen LogP contribution in [-0.2, 0) is 11.2 Å². The molecule has 6 heteroatoms. The Morgan fingerprint density at radius 3 is 2.74 bits per heavy atom. The third-order valence-corrected chi connectivity index (χ3v) is 3.28. The van der Waals surface area contributed by atoms with E-state index < -0.39 is 0 Å². The van der Waals surface area contributed by atoms with Crippen LogP contribution in [0.15, 0.2) is 22.5 Å². The number of hydrogen-bond acceptors (Lipinski definition) is 3. The number of carbonyl (C=O) groups excluding carboxylic acids is 1. The van der Waals surface area contributed by atoms with Crippen LogP contribution in [0.2, 0.25) is 0 Å². The summed E-state index contributed by atoms with van der Waals surface area (Å²) in [6.07, 6.45) is 0.958. The van der Waals surface area contributed by atoms with Gasteiger partial charge in [-0.25, -0.2) is 0 Å². The average Bonchev–Trinajstić information content (AvgIpc) is 2.87. The molecule has 1 heterocycles. The van der Waals surface area contributed by atoms with Crippen molar-refractivity contribution in [2.75, 3.05) is 26.2 Å². The van der Waals surface area contributed by atoms with Gasteiger partial charge in [0.25, 0.3) is 0 Å². The number of guanidine groups is 1. The minimum absolute atomic E-state index is 0.0126. The lowest BCUT2D eigenvalue weighted by molar-refractivity contribution is -0.118. The Bertz CT molecular complexity index is 389. The Labute approximate surface area is 118 Å². The van der Waals surface area contributed by atoms with E-state index in [1.54, 1.807) is 11.3 Å². The number of amides is 1. The summed E-state index contributed by atoms with van der Waals surface area (Å²) < 4.78 is 0. The Morgan fingerprint density at radius 1 is 1.32 bits per heavy atom. The van der Waals surface area contributed by atoms with Crippen LogP contribution in [0.3, 0.4) is 0 Å². The van der Waals surface area contributed by atoms with Crippen molar-refractivity contribution in [2.45, 2.75) is 20.3 Å². The predicted octanol–water partition coefficient (Wildman–Crippen LogP) is 0.982. The number of nitrogens with zero attached hydrogens (tertiary/aromatic N) is 1. The first kappa shape index (κ1) is 15.5. The van der Waals surface area contributed by atoms with E-state index >= 15 is 0 Å². The van der Waals surface area contributed by atoms with Gasteiger partial charge >= 0.3 is 0 Å². The molecular formula is C13H22N4OS. The molecule has 1 amide bonds. The van der Waals surface area contributed by atoms with Gasteiger partial charge in [0.15, 0.2) is 5.96 Å². The lowest BCUT2D eigenvalue weighted by Crippen LogP contribution is -2.41. The first-order valence-electron chi connectivity index (χ1n) is 6.51. The van der Waals surface area contributed by atoms with E-state index in [1.165, 1.54) is 11.8 Å². The molecule has 0 radical (unpaired) electrons. The van der Waals surface area contributed by atoms with Gasteiger partial charge in [-0.15, -0.1) is 11.3 Å². The number of nitrogens with one attached hydrogen (secondary N) is 3. The maximum absolute atomic E-state index is 10.7. The Hall–Kier alpha value is -1.56. The second-order valence-corrected chi connectivity index (χ2v) is 5.03. The number of aliphatic imine (C=N–C) groups is 1. The zero-order chi connectivity index (χ0) is 13.9. The molecule has 106 valence electrons. The molecule has 0 aliphatic carbocycles. The number of hydrogen-bond donors (Lipinski definition) is 3. The van der Waals surface area contributed by atoms with Crippen LogP contribution in [0.4, 0.5) is 0 Å². The van der Waals surface area contributed by atoms with E-state index in [0.29, 0.717) is 13.1 Å².